The summed E-state index contributed by atoms with van der Waals surface area (Å²) in [7, 11) is 7.07. The summed E-state index contributed by atoms with van der Waals surface area (Å²) in [4.78, 5) is 41.7. The van der Waals surface area contributed by atoms with Crippen LogP contribution in [0.2, 0.25) is 0 Å². The Morgan fingerprint density at radius 3 is 2.33 bits per heavy atom. The summed E-state index contributed by atoms with van der Waals surface area (Å²) >= 11 is 0. The van der Waals surface area contributed by atoms with E-state index in [4.69, 9.17) is 13.9 Å². The molecule has 0 aliphatic rings. The van der Waals surface area contributed by atoms with Gasteiger partial charge in [-0.3, -0.25) is 14.4 Å². The fraction of sp³-hybridized carbons (Fsp3) is 0.184. The number of aryl methyl sites for hydroxylation is 1. The van der Waals surface area contributed by atoms with Crippen molar-refractivity contribution in [1.82, 2.24) is 9.47 Å². The number of hydrogen-bond donors (Lipinski definition) is 2. The molecule has 0 radical (unpaired) electrons. The normalized spacial score (nSPS) is 11.2. The minimum absolute atomic E-state index is 0.128. The van der Waals surface area contributed by atoms with E-state index < -0.39 is 11.8 Å². The molecule has 10 heteroatoms. The number of aromatic nitrogens is 1. The number of carbonyl (C=O) groups excluding carboxylic acids is 2. The van der Waals surface area contributed by atoms with Crippen molar-refractivity contribution in [3.05, 3.63) is 130 Å². The minimum Gasteiger partial charge on any atom is -0.493 e. The molecule has 0 aliphatic heterocycles. The Hall–Kier alpha value is -5.87. The summed E-state index contributed by atoms with van der Waals surface area (Å²) < 4.78 is 18.6. The van der Waals surface area contributed by atoms with Crippen molar-refractivity contribution in [2.45, 2.75) is 13.0 Å². The van der Waals surface area contributed by atoms with Gasteiger partial charge in [-0.1, -0.05) is 30.3 Å². The van der Waals surface area contributed by atoms with Crippen LogP contribution in [0.5, 0.6) is 11.5 Å². The number of para-hydroxylation sites is 1. The molecule has 0 spiro atoms. The molecule has 2 aromatic heterocycles. The number of anilines is 2. The van der Waals surface area contributed by atoms with Gasteiger partial charge in [0.15, 0.2) is 22.7 Å². The number of methoxy groups -OCH3 is 2. The molecule has 0 saturated carbocycles. The summed E-state index contributed by atoms with van der Waals surface area (Å²) in [6.45, 7) is 1.71. The zero-order chi connectivity index (χ0) is 33.8. The number of amides is 2. The monoisotopic (exact) mass is 644 g/mol. The van der Waals surface area contributed by atoms with E-state index in [2.05, 4.69) is 64.7 Å². The first-order chi connectivity index (χ1) is 23.2. The predicted molar refractivity (Wildman–Crippen MR) is 187 cm³/mol. The third-order valence-electron chi connectivity index (χ3n) is 8.27. The van der Waals surface area contributed by atoms with Crippen LogP contribution in [0.15, 0.2) is 106 Å². The van der Waals surface area contributed by atoms with E-state index in [0.29, 0.717) is 22.6 Å². The summed E-state index contributed by atoms with van der Waals surface area (Å²) in [5, 5.41) is 7.20. The van der Waals surface area contributed by atoms with Gasteiger partial charge in [-0.15, -0.1) is 0 Å². The van der Waals surface area contributed by atoms with Gasteiger partial charge in [0.2, 0.25) is 0 Å². The SMILES string of the molecule is COc1cc(NC(=O)c2cc(=O)c3ccccc3o2)c(C(=O)Nc2ccc(CCN(C)Cc3ccc4c(ccn4C)c3)cc2)cc1OC. The van der Waals surface area contributed by atoms with Gasteiger partial charge in [0.05, 0.1) is 30.9 Å². The highest BCUT2D eigenvalue weighted by atomic mass is 16.5. The maximum atomic E-state index is 13.6. The molecule has 6 aromatic rings. The number of fused-ring (bicyclic) bond motifs is 2. The number of carbonyl (C=O) groups is 2. The van der Waals surface area contributed by atoms with E-state index in [-0.39, 0.29) is 28.0 Å². The Morgan fingerprint density at radius 1 is 0.833 bits per heavy atom. The average Bonchev–Trinajstić information content (AvgIpc) is 3.46. The van der Waals surface area contributed by atoms with Gasteiger partial charge in [0.25, 0.3) is 11.8 Å². The second-order valence-electron chi connectivity index (χ2n) is 11.6. The topological polar surface area (TPSA) is 115 Å². The zero-order valence-corrected chi connectivity index (χ0v) is 27.2. The number of nitrogens with zero attached hydrogens (tertiary/aromatic N) is 2. The van der Waals surface area contributed by atoms with Crippen molar-refractivity contribution in [1.29, 1.82) is 0 Å². The van der Waals surface area contributed by atoms with Gasteiger partial charge >= 0.3 is 0 Å². The zero-order valence-electron chi connectivity index (χ0n) is 27.2. The molecule has 48 heavy (non-hydrogen) atoms. The molecule has 2 heterocycles. The third-order valence-corrected chi connectivity index (χ3v) is 8.27. The van der Waals surface area contributed by atoms with E-state index in [1.807, 2.05) is 24.3 Å². The Labute approximate surface area is 277 Å². The lowest BCUT2D eigenvalue weighted by Gasteiger charge is -2.17. The van der Waals surface area contributed by atoms with Crippen LogP contribution in [0.25, 0.3) is 21.9 Å². The molecule has 2 amide bonds. The van der Waals surface area contributed by atoms with Crippen LogP contribution in [0.3, 0.4) is 0 Å². The van der Waals surface area contributed by atoms with Crippen LogP contribution in [0.1, 0.15) is 32.0 Å². The number of ether oxygens (including phenoxy) is 2. The minimum atomic E-state index is -0.700. The van der Waals surface area contributed by atoms with Crippen molar-refractivity contribution < 1.29 is 23.5 Å². The Balaban J connectivity index is 1.13. The first-order valence-electron chi connectivity index (χ1n) is 15.5. The maximum absolute atomic E-state index is 13.6. The molecular formula is C38H36N4O6. The highest BCUT2D eigenvalue weighted by Gasteiger charge is 2.21. The Kier molecular flexibility index (Phi) is 9.26. The quantitative estimate of drug-likeness (QED) is 0.166. The summed E-state index contributed by atoms with van der Waals surface area (Å²) in [6, 6.07) is 27.1. The Morgan fingerprint density at radius 2 is 1.56 bits per heavy atom. The lowest BCUT2D eigenvalue weighted by Crippen LogP contribution is -2.21. The van der Waals surface area contributed by atoms with E-state index >= 15 is 0 Å². The van der Waals surface area contributed by atoms with Crippen LogP contribution < -0.4 is 25.5 Å². The standard InChI is InChI=1S/C38H36N4O6/c1-41(23-25-11-14-31-26(19-25)16-18-42(31)2)17-15-24-9-12-27(13-10-24)39-37(44)29-20-34(46-3)35(47-4)21-30(29)40-38(45)36-22-32(43)28-7-5-6-8-33(28)48-36/h5-14,16,18-22H,15,17,23H2,1-4H3,(H,39,44)(H,40,45). The highest BCUT2D eigenvalue weighted by molar-refractivity contribution is 6.12. The van der Waals surface area contributed by atoms with E-state index in [0.717, 1.165) is 31.1 Å². The molecule has 0 fully saturated rings. The molecule has 6 rings (SSSR count). The summed E-state index contributed by atoms with van der Waals surface area (Å²) in [5.41, 5.74) is 4.40. The molecule has 4 aromatic carbocycles. The maximum Gasteiger partial charge on any atom is 0.291 e. The van der Waals surface area contributed by atoms with E-state index in [1.54, 1.807) is 24.3 Å². The second kappa shape index (κ2) is 13.9. The van der Waals surface area contributed by atoms with E-state index in [9.17, 15) is 14.4 Å². The van der Waals surface area contributed by atoms with Crippen molar-refractivity contribution >= 4 is 45.1 Å². The van der Waals surface area contributed by atoms with Crippen molar-refractivity contribution in [3.8, 4) is 11.5 Å². The lowest BCUT2D eigenvalue weighted by molar-refractivity contribution is 0.0997. The fourth-order valence-electron chi connectivity index (χ4n) is 5.66. The number of likely N-dealkylation sites (N-methyl/N-ethyl adjacent to an activating group) is 1. The van der Waals surface area contributed by atoms with Crippen LogP contribution in [-0.4, -0.2) is 49.1 Å². The summed E-state index contributed by atoms with van der Waals surface area (Å²) in [6.07, 6.45) is 2.92. The molecule has 244 valence electrons. The molecule has 0 saturated heterocycles. The smallest absolute Gasteiger partial charge is 0.291 e. The van der Waals surface area contributed by atoms with Crippen molar-refractivity contribution in [2.75, 3.05) is 38.4 Å². The fourth-order valence-corrected chi connectivity index (χ4v) is 5.66. The van der Waals surface area contributed by atoms with Crippen molar-refractivity contribution in [3.63, 3.8) is 0 Å². The van der Waals surface area contributed by atoms with Gasteiger partial charge in [-0.05, 0) is 78.5 Å². The van der Waals surface area contributed by atoms with Gasteiger partial charge in [-0.2, -0.15) is 0 Å². The molecule has 2 N–H and O–H groups in total. The van der Waals surface area contributed by atoms with Gasteiger partial charge in [0.1, 0.15) is 5.58 Å². The van der Waals surface area contributed by atoms with E-state index in [1.165, 1.54) is 42.8 Å². The van der Waals surface area contributed by atoms with Gasteiger partial charge < -0.3 is 34.0 Å². The summed E-state index contributed by atoms with van der Waals surface area (Å²) in [5.74, 6) is -0.762. The average molecular weight is 645 g/mol. The van der Waals surface area contributed by atoms with Crippen LogP contribution in [0.4, 0.5) is 11.4 Å². The molecule has 0 atom stereocenters. The number of hydrogen-bond acceptors (Lipinski definition) is 7. The largest absolute Gasteiger partial charge is 0.493 e. The Bertz CT molecular complexity index is 2180. The second-order valence-corrected chi connectivity index (χ2v) is 11.6. The number of nitrogens with one attached hydrogen (secondary N) is 2. The lowest BCUT2D eigenvalue weighted by atomic mass is 10.1. The number of rotatable bonds is 11. The molecule has 0 aliphatic carbocycles. The predicted octanol–water partition coefficient (Wildman–Crippen LogP) is 6.48. The first-order valence-corrected chi connectivity index (χ1v) is 15.5. The highest BCUT2D eigenvalue weighted by Crippen LogP contribution is 2.34. The first kappa shape index (κ1) is 32.1. The molecule has 0 unspecified atom stereocenters. The molecular weight excluding hydrogens is 608 g/mol. The molecule has 10 nitrogen and oxygen atoms in total. The van der Waals surface area contributed by atoms with Crippen LogP contribution in [0, 0.1) is 0 Å². The van der Waals surface area contributed by atoms with Crippen LogP contribution >= 0.6 is 0 Å². The van der Waals surface area contributed by atoms with Gasteiger partial charge in [0, 0.05) is 49.7 Å². The van der Waals surface area contributed by atoms with Crippen molar-refractivity contribution in [2.24, 2.45) is 7.05 Å². The number of benzene rings is 4. The third kappa shape index (κ3) is 6.93. The van der Waals surface area contributed by atoms with Crippen LogP contribution in [-0.2, 0) is 20.0 Å². The molecule has 0 bridgehead atoms. The van der Waals surface area contributed by atoms with Gasteiger partial charge in [-0.25, -0.2) is 0 Å².